The van der Waals surface area contributed by atoms with Gasteiger partial charge in [0, 0.05) is 21.5 Å². The van der Waals surface area contributed by atoms with Gasteiger partial charge >= 0.3 is 0 Å². The van der Waals surface area contributed by atoms with Gasteiger partial charge in [-0.3, -0.25) is 4.79 Å². The van der Waals surface area contributed by atoms with E-state index in [1.165, 1.54) is 10.9 Å². The average molecular weight is 566 g/mol. The fraction of sp³-hybridized carbons (Fsp3) is 0.125. The molecule has 33 heavy (non-hydrogen) atoms. The number of aryl methyl sites for hydroxylation is 1. The largest absolute Gasteiger partial charge is 0.486 e. The van der Waals surface area contributed by atoms with E-state index in [4.69, 9.17) is 39.5 Å². The number of benzene rings is 3. The number of nitrogens with zero attached hydrogens (tertiary/aromatic N) is 3. The zero-order valence-corrected chi connectivity index (χ0v) is 21.2. The van der Waals surface area contributed by atoms with E-state index in [0.29, 0.717) is 49.5 Å². The SMILES string of the molecule is CCc1nc2ccc(Br)cc2c(=O)n1N=Cc1cc(Cl)c(OCc2ccccc2Cl)c(Cl)c1. The van der Waals surface area contributed by atoms with Crippen molar-refractivity contribution in [2.75, 3.05) is 0 Å². The topological polar surface area (TPSA) is 56.5 Å². The molecule has 9 heteroatoms. The molecule has 0 aliphatic rings. The minimum Gasteiger partial charge on any atom is -0.486 e. The summed E-state index contributed by atoms with van der Waals surface area (Å²) < 4.78 is 7.89. The molecule has 0 saturated carbocycles. The Morgan fingerprint density at radius 3 is 2.48 bits per heavy atom. The Morgan fingerprint density at radius 1 is 1.06 bits per heavy atom. The molecule has 0 unspecified atom stereocenters. The lowest BCUT2D eigenvalue weighted by Gasteiger charge is -2.12. The van der Waals surface area contributed by atoms with Crippen LogP contribution in [0.1, 0.15) is 23.9 Å². The van der Waals surface area contributed by atoms with Crippen molar-refractivity contribution in [3.8, 4) is 5.75 Å². The van der Waals surface area contributed by atoms with Crippen LogP contribution in [0.3, 0.4) is 0 Å². The van der Waals surface area contributed by atoms with Crippen LogP contribution in [0, 0.1) is 0 Å². The number of hydrogen-bond donors (Lipinski definition) is 0. The second-order valence-electron chi connectivity index (χ2n) is 7.10. The van der Waals surface area contributed by atoms with Gasteiger partial charge in [0.1, 0.15) is 12.4 Å². The summed E-state index contributed by atoms with van der Waals surface area (Å²) in [6.07, 6.45) is 2.05. The van der Waals surface area contributed by atoms with Gasteiger partial charge in [0.25, 0.3) is 5.56 Å². The molecule has 168 valence electrons. The standard InChI is InChI=1S/C24H17BrCl3N3O2/c1-2-22-30-21-8-7-16(25)11-17(21)24(32)31(22)29-12-14-9-19(27)23(20(28)10-14)33-13-15-5-3-4-6-18(15)26/h3-12H,2,13H2,1H3. The molecule has 0 bridgehead atoms. The third-order valence-corrected chi connectivity index (χ3v) is 6.29. The Hall–Kier alpha value is -2.38. The minimum atomic E-state index is -0.258. The van der Waals surface area contributed by atoms with Crippen LogP contribution >= 0.6 is 50.7 Å². The van der Waals surface area contributed by atoms with E-state index in [1.54, 1.807) is 30.3 Å². The molecule has 5 nitrogen and oxygen atoms in total. The van der Waals surface area contributed by atoms with Crippen molar-refractivity contribution in [3.63, 3.8) is 0 Å². The summed E-state index contributed by atoms with van der Waals surface area (Å²) in [6.45, 7) is 2.14. The van der Waals surface area contributed by atoms with Gasteiger partial charge in [-0.1, -0.05) is 75.9 Å². The lowest BCUT2D eigenvalue weighted by Crippen LogP contribution is -2.22. The molecule has 0 fully saturated rings. The van der Waals surface area contributed by atoms with Crippen molar-refractivity contribution >= 4 is 67.9 Å². The van der Waals surface area contributed by atoms with Gasteiger partial charge in [-0.05, 0) is 42.0 Å². The first-order valence-corrected chi connectivity index (χ1v) is 11.9. The molecule has 0 saturated heterocycles. The highest BCUT2D eigenvalue weighted by Crippen LogP contribution is 2.35. The molecule has 0 N–H and O–H groups in total. The van der Waals surface area contributed by atoms with Crippen LogP contribution in [-0.4, -0.2) is 15.9 Å². The van der Waals surface area contributed by atoms with Gasteiger partial charge in [0.15, 0.2) is 5.75 Å². The maximum Gasteiger partial charge on any atom is 0.282 e. The zero-order valence-electron chi connectivity index (χ0n) is 17.4. The van der Waals surface area contributed by atoms with E-state index >= 15 is 0 Å². The summed E-state index contributed by atoms with van der Waals surface area (Å²) in [5.74, 6) is 0.891. The summed E-state index contributed by atoms with van der Waals surface area (Å²) >= 11 is 22.4. The molecule has 0 radical (unpaired) electrons. The van der Waals surface area contributed by atoms with Crippen LogP contribution in [-0.2, 0) is 13.0 Å². The maximum absolute atomic E-state index is 13.0. The van der Waals surface area contributed by atoms with Crippen molar-refractivity contribution in [1.29, 1.82) is 0 Å². The molecule has 0 aliphatic heterocycles. The smallest absolute Gasteiger partial charge is 0.282 e. The van der Waals surface area contributed by atoms with Crippen LogP contribution in [0.5, 0.6) is 5.75 Å². The van der Waals surface area contributed by atoms with Crippen molar-refractivity contribution in [2.45, 2.75) is 20.0 Å². The second kappa shape index (κ2) is 10.3. The van der Waals surface area contributed by atoms with Gasteiger partial charge in [-0.25, -0.2) is 4.98 Å². The van der Waals surface area contributed by atoms with Crippen molar-refractivity contribution in [2.24, 2.45) is 5.10 Å². The highest BCUT2D eigenvalue weighted by atomic mass is 79.9. The zero-order chi connectivity index (χ0) is 23.5. The van der Waals surface area contributed by atoms with Crippen LogP contribution in [0.4, 0.5) is 0 Å². The first-order chi connectivity index (χ1) is 15.9. The Labute approximate surface area is 213 Å². The van der Waals surface area contributed by atoms with E-state index in [-0.39, 0.29) is 12.2 Å². The molecular formula is C24H17BrCl3N3O2. The molecule has 0 spiro atoms. The van der Waals surface area contributed by atoms with Gasteiger partial charge in [0.05, 0.1) is 27.2 Å². The first-order valence-electron chi connectivity index (χ1n) is 9.98. The van der Waals surface area contributed by atoms with Crippen molar-refractivity contribution in [1.82, 2.24) is 9.66 Å². The maximum atomic E-state index is 13.0. The molecule has 4 rings (SSSR count). The van der Waals surface area contributed by atoms with Crippen LogP contribution in [0.25, 0.3) is 10.9 Å². The summed E-state index contributed by atoms with van der Waals surface area (Å²) in [5, 5.41) is 6.08. The first kappa shape index (κ1) is 23.8. The Bertz CT molecular complexity index is 1410. The lowest BCUT2D eigenvalue weighted by atomic mass is 10.2. The van der Waals surface area contributed by atoms with Crippen LogP contribution in [0.15, 0.2) is 69.0 Å². The number of rotatable bonds is 6. The number of aromatic nitrogens is 2. The van der Waals surface area contributed by atoms with Crippen molar-refractivity contribution < 1.29 is 4.74 Å². The van der Waals surface area contributed by atoms with E-state index in [9.17, 15) is 4.79 Å². The van der Waals surface area contributed by atoms with Gasteiger partial charge in [-0.15, -0.1) is 0 Å². The van der Waals surface area contributed by atoms with Gasteiger partial charge in [-0.2, -0.15) is 9.78 Å². The minimum absolute atomic E-state index is 0.222. The molecule has 0 aliphatic carbocycles. The van der Waals surface area contributed by atoms with E-state index in [1.807, 2.05) is 31.2 Å². The Balaban J connectivity index is 1.64. The average Bonchev–Trinajstić information content (AvgIpc) is 2.79. The number of ether oxygens (including phenoxy) is 1. The molecule has 4 aromatic rings. The van der Waals surface area contributed by atoms with E-state index in [0.717, 1.165) is 10.0 Å². The normalized spacial score (nSPS) is 11.4. The third kappa shape index (κ3) is 5.25. The highest BCUT2D eigenvalue weighted by molar-refractivity contribution is 9.10. The molecular weight excluding hydrogens is 549 g/mol. The summed E-state index contributed by atoms with van der Waals surface area (Å²) in [5.41, 5.74) is 1.79. The van der Waals surface area contributed by atoms with Gasteiger partial charge < -0.3 is 4.74 Å². The Morgan fingerprint density at radius 2 is 1.79 bits per heavy atom. The van der Waals surface area contributed by atoms with Crippen molar-refractivity contribution in [3.05, 3.63) is 101 Å². The summed E-state index contributed by atoms with van der Waals surface area (Å²) in [6, 6.07) is 16.1. The number of halogens is 4. The predicted molar refractivity (Wildman–Crippen MR) is 138 cm³/mol. The molecule has 3 aromatic carbocycles. The van der Waals surface area contributed by atoms with E-state index in [2.05, 4.69) is 26.0 Å². The number of fused-ring (bicyclic) bond motifs is 1. The second-order valence-corrected chi connectivity index (χ2v) is 9.24. The monoisotopic (exact) mass is 563 g/mol. The molecule has 0 amide bonds. The van der Waals surface area contributed by atoms with E-state index < -0.39 is 0 Å². The fourth-order valence-electron chi connectivity index (χ4n) is 3.22. The lowest BCUT2D eigenvalue weighted by molar-refractivity contribution is 0.306. The molecule has 0 atom stereocenters. The third-order valence-electron chi connectivity index (χ3n) is 4.86. The quantitative estimate of drug-likeness (QED) is 0.234. The number of hydrogen-bond acceptors (Lipinski definition) is 4. The Kier molecular flexibility index (Phi) is 7.39. The van der Waals surface area contributed by atoms with Crippen LogP contribution < -0.4 is 10.3 Å². The molecule has 1 aromatic heterocycles. The summed E-state index contributed by atoms with van der Waals surface area (Å²) in [4.78, 5) is 17.6. The molecule has 1 heterocycles. The van der Waals surface area contributed by atoms with Gasteiger partial charge in [0.2, 0.25) is 0 Å². The predicted octanol–water partition coefficient (Wildman–Crippen LogP) is 7.14. The van der Waals surface area contributed by atoms with Crippen LogP contribution in [0.2, 0.25) is 15.1 Å². The fourth-order valence-corrected chi connectivity index (χ4v) is 4.39. The summed E-state index contributed by atoms with van der Waals surface area (Å²) in [7, 11) is 0. The highest BCUT2D eigenvalue weighted by Gasteiger charge is 2.12.